The van der Waals surface area contributed by atoms with Crippen LogP contribution in [0.15, 0.2) is 30.7 Å². The molecule has 0 radical (unpaired) electrons. The molecule has 0 amide bonds. The van der Waals surface area contributed by atoms with Gasteiger partial charge >= 0.3 is 0 Å². The minimum absolute atomic E-state index is 0.338. The van der Waals surface area contributed by atoms with Crippen LogP contribution in [0, 0.1) is 0 Å². The summed E-state index contributed by atoms with van der Waals surface area (Å²) in [5.74, 6) is 0. The molecular weight excluding hydrogens is 230 g/mol. The number of nitrogens with one attached hydrogen (secondary N) is 1. The molecule has 0 aliphatic rings. The summed E-state index contributed by atoms with van der Waals surface area (Å²) in [5, 5.41) is 4.70. The molecule has 0 aliphatic heterocycles. The van der Waals surface area contributed by atoms with Crippen LogP contribution in [0.4, 0.5) is 0 Å². The van der Waals surface area contributed by atoms with Crippen molar-refractivity contribution in [1.82, 2.24) is 15.3 Å². The first-order valence-corrected chi connectivity index (χ1v) is 6.68. The zero-order valence-electron chi connectivity index (χ0n) is 10.2. The van der Waals surface area contributed by atoms with E-state index in [4.69, 9.17) is 0 Å². The van der Waals surface area contributed by atoms with E-state index >= 15 is 0 Å². The Morgan fingerprint density at radius 1 is 1.35 bits per heavy atom. The van der Waals surface area contributed by atoms with Crippen molar-refractivity contribution >= 4 is 11.3 Å². The number of rotatable bonds is 5. The Balaban J connectivity index is 1.90. The molecule has 1 N–H and O–H groups in total. The van der Waals surface area contributed by atoms with Gasteiger partial charge in [0.2, 0.25) is 0 Å². The molecule has 1 atom stereocenters. The van der Waals surface area contributed by atoms with Crippen LogP contribution in [0.1, 0.15) is 35.3 Å². The molecule has 2 rings (SSSR count). The van der Waals surface area contributed by atoms with Gasteiger partial charge in [0.15, 0.2) is 0 Å². The van der Waals surface area contributed by atoms with E-state index in [1.54, 1.807) is 11.3 Å². The minimum atomic E-state index is 0.338. The molecule has 0 unspecified atom stereocenters. The van der Waals surface area contributed by atoms with Gasteiger partial charge < -0.3 is 5.32 Å². The molecule has 4 heteroatoms. The van der Waals surface area contributed by atoms with Gasteiger partial charge in [-0.3, -0.25) is 4.98 Å². The Morgan fingerprint density at radius 2 is 2.12 bits per heavy atom. The number of hydrogen-bond acceptors (Lipinski definition) is 4. The monoisotopic (exact) mass is 247 g/mol. The maximum atomic E-state index is 4.35. The van der Waals surface area contributed by atoms with E-state index in [1.807, 2.05) is 30.7 Å². The molecule has 3 nitrogen and oxygen atoms in total. The predicted molar refractivity (Wildman–Crippen MR) is 71.0 cm³/mol. The fourth-order valence-electron chi connectivity index (χ4n) is 1.62. The molecule has 0 bridgehead atoms. The van der Waals surface area contributed by atoms with E-state index in [0.717, 1.165) is 13.0 Å². The van der Waals surface area contributed by atoms with Crippen LogP contribution < -0.4 is 5.32 Å². The molecule has 0 saturated heterocycles. The molecule has 2 heterocycles. The standard InChI is InChI=1S/C13H17N3S/c1-3-13-16-9-12(17-13)8-15-10(2)11-4-6-14-7-5-11/h4-7,9-10,15H,3,8H2,1-2H3/t10-/m0/s1. The molecule has 0 saturated carbocycles. The van der Waals surface area contributed by atoms with Gasteiger partial charge in [0, 0.05) is 36.1 Å². The smallest absolute Gasteiger partial charge is 0.0925 e. The lowest BCUT2D eigenvalue weighted by molar-refractivity contribution is 0.578. The third kappa shape index (κ3) is 3.35. The zero-order valence-corrected chi connectivity index (χ0v) is 11.0. The highest BCUT2D eigenvalue weighted by molar-refractivity contribution is 7.11. The van der Waals surface area contributed by atoms with E-state index in [0.29, 0.717) is 6.04 Å². The zero-order chi connectivity index (χ0) is 12.1. The van der Waals surface area contributed by atoms with E-state index < -0.39 is 0 Å². The number of pyridine rings is 1. The topological polar surface area (TPSA) is 37.8 Å². The summed E-state index contributed by atoms with van der Waals surface area (Å²) < 4.78 is 0. The fraction of sp³-hybridized carbons (Fsp3) is 0.385. The van der Waals surface area contributed by atoms with Gasteiger partial charge in [-0.05, 0) is 31.0 Å². The van der Waals surface area contributed by atoms with Gasteiger partial charge in [-0.15, -0.1) is 11.3 Å². The number of aromatic nitrogens is 2. The van der Waals surface area contributed by atoms with Crippen LogP contribution in [0.2, 0.25) is 0 Å². The molecule has 0 spiro atoms. The van der Waals surface area contributed by atoms with Gasteiger partial charge in [0.1, 0.15) is 0 Å². The van der Waals surface area contributed by atoms with E-state index in [-0.39, 0.29) is 0 Å². The molecule has 2 aromatic heterocycles. The third-order valence-corrected chi connectivity index (χ3v) is 3.83. The minimum Gasteiger partial charge on any atom is -0.305 e. The Morgan fingerprint density at radius 3 is 2.76 bits per heavy atom. The second-order valence-corrected chi connectivity index (χ2v) is 5.16. The van der Waals surface area contributed by atoms with Gasteiger partial charge in [0.25, 0.3) is 0 Å². The Bertz CT molecular complexity index is 453. The first kappa shape index (κ1) is 12.2. The van der Waals surface area contributed by atoms with Gasteiger partial charge in [-0.1, -0.05) is 6.92 Å². The van der Waals surface area contributed by atoms with Crippen molar-refractivity contribution in [2.45, 2.75) is 32.9 Å². The molecule has 0 fully saturated rings. The molecule has 0 aliphatic carbocycles. The molecule has 2 aromatic rings. The van der Waals surface area contributed by atoms with E-state index in [9.17, 15) is 0 Å². The maximum absolute atomic E-state index is 4.35. The van der Waals surface area contributed by atoms with Gasteiger partial charge in [0.05, 0.1) is 5.01 Å². The average Bonchev–Trinajstić information content (AvgIpc) is 2.85. The Kier molecular flexibility index (Phi) is 4.23. The van der Waals surface area contributed by atoms with Crippen molar-refractivity contribution < 1.29 is 0 Å². The summed E-state index contributed by atoms with van der Waals surface area (Å²) >= 11 is 1.78. The Labute approximate surface area is 106 Å². The van der Waals surface area contributed by atoms with Crippen molar-refractivity contribution in [1.29, 1.82) is 0 Å². The number of aryl methyl sites for hydroxylation is 1. The van der Waals surface area contributed by atoms with Crippen molar-refractivity contribution in [2.75, 3.05) is 0 Å². The highest BCUT2D eigenvalue weighted by Gasteiger charge is 2.05. The van der Waals surface area contributed by atoms with Crippen LogP contribution in [0.25, 0.3) is 0 Å². The second-order valence-electron chi connectivity index (χ2n) is 3.96. The van der Waals surface area contributed by atoms with Crippen molar-refractivity contribution in [2.24, 2.45) is 0 Å². The van der Waals surface area contributed by atoms with Crippen LogP contribution in [-0.4, -0.2) is 9.97 Å². The average molecular weight is 247 g/mol. The van der Waals surface area contributed by atoms with Gasteiger partial charge in [-0.25, -0.2) is 4.98 Å². The summed E-state index contributed by atoms with van der Waals surface area (Å²) in [7, 11) is 0. The van der Waals surface area contributed by atoms with Crippen LogP contribution in [0.3, 0.4) is 0 Å². The molecule has 17 heavy (non-hydrogen) atoms. The fourth-order valence-corrected chi connectivity index (χ4v) is 2.43. The summed E-state index contributed by atoms with van der Waals surface area (Å²) in [4.78, 5) is 9.67. The van der Waals surface area contributed by atoms with E-state index in [1.165, 1.54) is 15.4 Å². The molecule has 0 aromatic carbocycles. The summed E-state index contributed by atoms with van der Waals surface area (Å²) in [6.45, 7) is 5.17. The SMILES string of the molecule is CCc1ncc(CN[C@@H](C)c2ccncc2)s1. The van der Waals surface area contributed by atoms with Gasteiger partial charge in [-0.2, -0.15) is 0 Å². The van der Waals surface area contributed by atoms with Crippen molar-refractivity contribution in [3.05, 3.63) is 46.2 Å². The normalized spacial score (nSPS) is 12.6. The first-order valence-electron chi connectivity index (χ1n) is 5.86. The molecular formula is C13H17N3S. The van der Waals surface area contributed by atoms with Crippen LogP contribution in [0.5, 0.6) is 0 Å². The lowest BCUT2D eigenvalue weighted by atomic mass is 10.1. The van der Waals surface area contributed by atoms with E-state index in [2.05, 4.69) is 29.1 Å². The van der Waals surface area contributed by atoms with Crippen LogP contribution in [-0.2, 0) is 13.0 Å². The summed E-state index contributed by atoms with van der Waals surface area (Å²) in [6, 6.07) is 4.43. The first-order chi connectivity index (χ1) is 8.29. The highest BCUT2D eigenvalue weighted by atomic mass is 32.1. The second kappa shape index (κ2) is 5.89. The lowest BCUT2D eigenvalue weighted by Gasteiger charge is -2.12. The highest BCUT2D eigenvalue weighted by Crippen LogP contribution is 2.16. The van der Waals surface area contributed by atoms with Crippen molar-refractivity contribution in [3.8, 4) is 0 Å². The lowest BCUT2D eigenvalue weighted by Crippen LogP contribution is -2.17. The number of hydrogen-bond donors (Lipinski definition) is 1. The third-order valence-electron chi connectivity index (χ3n) is 2.69. The number of thiazole rings is 1. The van der Waals surface area contributed by atoms with Crippen LogP contribution >= 0.6 is 11.3 Å². The van der Waals surface area contributed by atoms with Crippen molar-refractivity contribution in [3.63, 3.8) is 0 Å². The molecule has 90 valence electrons. The largest absolute Gasteiger partial charge is 0.305 e. The maximum Gasteiger partial charge on any atom is 0.0925 e. The quantitative estimate of drug-likeness (QED) is 0.882. The summed E-state index contributed by atoms with van der Waals surface area (Å²) in [5.41, 5.74) is 1.26. The number of nitrogens with zero attached hydrogens (tertiary/aromatic N) is 2. The predicted octanol–water partition coefficient (Wildman–Crippen LogP) is 2.95. The summed E-state index contributed by atoms with van der Waals surface area (Å²) in [6.07, 6.45) is 6.64. The Hall–Kier alpha value is -1.26.